The highest BCUT2D eigenvalue weighted by molar-refractivity contribution is 5.68. The zero-order valence-corrected chi connectivity index (χ0v) is 14.6. The average Bonchev–Trinajstić information content (AvgIpc) is 2.86. The molecule has 132 valence electrons. The van der Waals surface area contributed by atoms with Gasteiger partial charge in [-0.15, -0.1) is 0 Å². The van der Waals surface area contributed by atoms with Crippen LogP contribution >= 0.6 is 0 Å². The Balaban J connectivity index is 2.20. The summed E-state index contributed by atoms with van der Waals surface area (Å²) in [6, 6.07) is 0. The van der Waals surface area contributed by atoms with Crippen LogP contribution in [0.5, 0.6) is 0 Å². The molecule has 0 spiro atoms. The third-order valence-electron chi connectivity index (χ3n) is 4.15. The number of allylic oxidation sites excluding steroid dienone is 7. The molecular weight excluding hydrogens is 306 g/mol. The molecule has 1 amide bonds. The Morgan fingerprint density at radius 3 is 2.50 bits per heavy atom. The molecule has 2 N–H and O–H groups in total. The zero-order valence-electron chi connectivity index (χ0n) is 14.6. The summed E-state index contributed by atoms with van der Waals surface area (Å²) in [5.41, 5.74) is 0.247. The van der Waals surface area contributed by atoms with Crippen LogP contribution in [0.15, 0.2) is 47.8 Å². The van der Waals surface area contributed by atoms with Gasteiger partial charge < -0.3 is 19.8 Å². The van der Waals surface area contributed by atoms with E-state index >= 15 is 0 Å². The monoisotopic (exact) mass is 333 g/mol. The van der Waals surface area contributed by atoms with Crippen LogP contribution in [-0.2, 0) is 4.74 Å². The van der Waals surface area contributed by atoms with Crippen molar-refractivity contribution in [2.45, 2.75) is 32.8 Å². The van der Waals surface area contributed by atoms with Gasteiger partial charge in [-0.2, -0.15) is 0 Å². The van der Waals surface area contributed by atoms with Gasteiger partial charge in [0.15, 0.2) is 0 Å². The van der Waals surface area contributed by atoms with Crippen molar-refractivity contribution in [3.8, 4) is 0 Å². The second kappa shape index (κ2) is 7.71. The molecule has 1 aliphatic carbocycles. The van der Waals surface area contributed by atoms with E-state index in [2.05, 4.69) is 0 Å². The Kier molecular flexibility index (Phi) is 5.89. The summed E-state index contributed by atoms with van der Waals surface area (Å²) in [7, 11) is 0. The summed E-state index contributed by atoms with van der Waals surface area (Å²) in [5.74, 6) is 0.257. The van der Waals surface area contributed by atoms with Gasteiger partial charge in [0.05, 0.1) is 0 Å². The molecular formula is C19H27NO4. The molecule has 0 aromatic heterocycles. The molecule has 1 fully saturated rings. The number of likely N-dealkylation sites (tertiary alicyclic amines) is 1. The van der Waals surface area contributed by atoms with Crippen molar-refractivity contribution in [1.29, 1.82) is 0 Å². The van der Waals surface area contributed by atoms with Gasteiger partial charge in [-0.3, -0.25) is 0 Å². The van der Waals surface area contributed by atoms with Crippen molar-refractivity contribution in [3.05, 3.63) is 47.8 Å². The fraction of sp³-hybridized carbons (Fsp3) is 0.526. The molecule has 0 radical (unpaired) electrons. The molecule has 1 aliphatic heterocycles. The van der Waals surface area contributed by atoms with E-state index in [4.69, 9.17) is 4.74 Å². The topological polar surface area (TPSA) is 70.0 Å². The van der Waals surface area contributed by atoms with Crippen LogP contribution in [0.1, 0.15) is 27.2 Å². The molecule has 2 unspecified atom stereocenters. The Hall–Kier alpha value is -2.01. The first kappa shape index (κ1) is 18.3. The number of nitrogens with zero attached hydrogens (tertiary/aromatic N) is 1. The predicted molar refractivity (Wildman–Crippen MR) is 93.6 cm³/mol. The maximum atomic E-state index is 12.4. The number of hydrogen-bond acceptors (Lipinski definition) is 4. The number of rotatable bonds is 3. The molecule has 0 aromatic rings. The largest absolute Gasteiger partial charge is 0.508 e. The first-order chi connectivity index (χ1) is 11.3. The van der Waals surface area contributed by atoms with Gasteiger partial charge in [0.2, 0.25) is 0 Å². The number of hydrogen-bond donors (Lipinski definition) is 2. The zero-order chi connectivity index (χ0) is 17.7. The van der Waals surface area contributed by atoms with Crippen molar-refractivity contribution in [2.24, 2.45) is 11.8 Å². The van der Waals surface area contributed by atoms with E-state index in [1.54, 1.807) is 17.1 Å². The van der Waals surface area contributed by atoms with Gasteiger partial charge in [-0.25, -0.2) is 4.79 Å². The average molecular weight is 333 g/mol. The number of carbonyl (C=O) groups is 1. The maximum Gasteiger partial charge on any atom is 0.410 e. The van der Waals surface area contributed by atoms with Crippen LogP contribution in [-0.4, -0.2) is 46.5 Å². The third-order valence-corrected chi connectivity index (χ3v) is 4.15. The van der Waals surface area contributed by atoms with E-state index in [0.29, 0.717) is 19.5 Å². The highest BCUT2D eigenvalue weighted by Crippen LogP contribution is 2.35. The molecule has 24 heavy (non-hydrogen) atoms. The SMILES string of the molecule is CC(C)(C)OC(=O)N1CC(CCO)C(C2=C/C=C\C=C/C=C\2O)C1. The standard InChI is InChI=1S/C19H27NO4/c1-19(2,3)24-18(23)20-12-14(10-11-21)16(13-20)15-8-6-4-5-7-9-17(15)22/h4-9,14,16,21-22H,10-13H2,1-3H3/b5-4?,6-4-,7-5-,8-6?,9-7?,15-8-,17-9+,17-15?. The fourth-order valence-electron chi connectivity index (χ4n) is 3.09. The summed E-state index contributed by atoms with van der Waals surface area (Å²) in [6.45, 7) is 6.56. The first-order valence-electron chi connectivity index (χ1n) is 8.35. The van der Waals surface area contributed by atoms with Crippen LogP contribution in [0, 0.1) is 11.8 Å². The Morgan fingerprint density at radius 2 is 1.88 bits per heavy atom. The van der Waals surface area contributed by atoms with Gasteiger partial charge in [0.25, 0.3) is 0 Å². The lowest BCUT2D eigenvalue weighted by molar-refractivity contribution is 0.0283. The lowest BCUT2D eigenvalue weighted by atomic mass is 9.85. The molecule has 2 aliphatic rings. The molecule has 2 rings (SSSR count). The first-order valence-corrected chi connectivity index (χ1v) is 8.35. The normalized spacial score (nSPS) is 31.2. The summed E-state index contributed by atoms with van der Waals surface area (Å²) in [4.78, 5) is 14.0. The minimum atomic E-state index is -0.545. The second-order valence-electron chi connectivity index (χ2n) is 7.21. The molecule has 5 nitrogen and oxygen atoms in total. The lowest BCUT2D eigenvalue weighted by Gasteiger charge is -2.24. The van der Waals surface area contributed by atoms with E-state index in [-0.39, 0.29) is 30.3 Å². The van der Waals surface area contributed by atoms with E-state index in [1.165, 1.54) is 0 Å². The molecule has 1 heterocycles. The predicted octanol–water partition coefficient (Wildman–Crippen LogP) is 3.35. The van der Waals surface area contributed by atoms with Crippen molar-refractivity contribution in [1.82, 2.24) is 4.90 Å². The molecule has 0 saturated carbocycles. The highest BCUT2D eigenvalue weighted by atomic mass is 16.6. The van der Waals surface area contributed by atoms with Crippen LogP contribution in [0.2, 0.25) is 0 Å². The highest BCUT2D eigenvalue weighted by Gasteiger charge is 2.39. The van der Waals surface area contributed by atoms with Crippen molar-refractivity contribution in [3.63, 3.8) is 0 Å². The molecule has 0 bridgehead atoms. The Bertz CT molecular complexity index is 581. The summed E-state index contributed by atoms with van der Waals surface area (Å²) < 4.78 is 5.46. The minimum Gasteiger partial charge on any atom is -0.508 e. The summed E-state index contributed by atoms with van der Waals surface area (Å²) in [5, 5.41) is 19.7. The van der Waals surface area contributed by atoms with Crippen LogP contribution in [0.4, 0.5) is 4.79 Å². The van der Waals surface area contributed by atoms with Crippen LogP contribution in [0.3, 0.4) is 0 Å². The molecule has 0 aromatic carbocycles. The number of aliphatic hydroxyl groups excluding tert-OH is 2. The van der Waals surface area contributed by atoms with Gasteiger partial charge in [-0.1, -0.05) is 30.4 Å². The number of carbonyl (C=O) groups excluding carboxylic acids is 1. The quantitative estimate of drug-likeness (QED) is 0.831. The van der Waals surface area contributed by atoms with E-state index < -0.39 is 5.60 Å². The second-order valence-corrected chi connectivity index (χ2v) is 7.21. The van der Waals surface area contributed by atoms with Gasteiger partial charge in [-0.05, 0) is 44.8 Å². The minimum absolute atomic E-state index is 0.0305. The lowest BCUT2D eigenvalue weighted by Crippen LogP contribution is -2.35. The van der Waals surface area contributed by atoms with Crippen LogP contribution < -0.4 is 0 Å². The van der Waals surface area contributed by atoms with Crippen LogP contribution in [0.25, 0.3) is 0 Å². The number of aliphatic hydroxyl groups is 2. The summed E-state index contributed by atoms with van der Waals surface area (Å²) in [6.07, 6.45) is 11.2. The smallest absolute Gasteiger partial charge is 0.410 e. The van der Waals surface area contributed by atoms with Gasteiger partial charge in [0, 0.05) is 25.6 Å². The Labute approximate surface area is 143 Å². The van der Waals surface area contributed by atoms with Crippen molar-refractivity contribution in [2.75, 3.05) is 19.7 Å². The van der Waals surface area contributed by atoms with Gasteiger partial charge in [0.1, 0.15) is 11.4 Å². The number of ether oxygens (including phenoxy) is 1. The summed E-state index contributed by atoms with van der Waals surface area (Å²) >= 11 is 0. The Morgan fingerprint density at radius 1 is 1.21 bits per heavy atom. The fourth-order valence-corrected chi connectivity index (χ4v) is 3.09. The van der Waals surface area contributed by atoms with Crippen molar-refractivity contribution >= 4 is 6.09 Å². The van der Waals surface area contributed by atoms with Gasteiger partial charge >= 0.3 is 6.09 Å². The van der Waals surface area contributed by atoms with Crippen molar-refractivity contribution < 1.29 is 19.7 Å². The maximum absolute atomic E-state index is 12.4. The number of amides is 1. The molecule has 5 heteroatoms. The van der Waals surface area contributed by atoms with E-state index in [0.717, 1.165) is 5.57 Å². The third kappa shape index (κ3) is 4.74. The van der Waals surface area contributed by atoms with E-state index in [9.17, 15) is 15.0 Å². The van der Waals surface area contributed by atoms with E-state index in [1.807, 2.05) is 45.1 Å². The molecule has 2 atom stereocenters. The molecule has 1 saturated heterocycles.